The fraction of sp³-hybridized carbons (Fsp3) is 0.467. The molecule has 2 heterocycles. The van der Waals surface area contributed by atoms with Crippen molar-refractivity contribution in [2.45, 2.75) is 25.8 Å². The summed E-state index contributed by atoms with van der Waals surface area (Å²) in [4.78, 5) is 27.8. The molecular weight excluding hydrogens is 240 g/mol. The quantitative estimate of drug-likeness (QED) is 0.827. The molecule has 0 N–H and O–H groups in total. The van der Waals surface area contributed by atoms with Crippen molar-refractivity contribution in [3.8, 4) is 0 Å². The summed E-state index contributed by atoms with van der Waals surface area (Å²) in [5.74, 6) is 0.242. The van der Waals surface area contributed by atoms with E-state index in [2.05, 4.69) is 0 Å². The lowest BCUT2D eigenvalue weighted by Gasteiger charge is -2.19. The van der Waals surface area contributed by atoms with Crippen LogP contribution in [0.2, 0.25) is 0 Å². The van der Waals surface area contributed by atoms with Crippen LogP contribution in [0.4, 0.5) is 0 Å². The molecule has 0 aromatic heterocycles. The number of benzene rings is 1. The van der Waals surface area contributed by atoms with Gasteiger partial charge in [-0.3, -0.25) is 9.59 Å². The van der Waals surface area contributed by atoms with Crippen molar-refractivity contribution in [1.29, 1.82) is 0 Å². The van der Waals surface area contributed by atoms with Gasteiger partial charge in [-0.1, -0.05) is 18.2 Å². The Kier molecular flexibility index (Phi) is 3.23. The molecule has 2 aliphatic heterocycles. The smallest absolute Gasteiger partial charge is 0.254 e. The second kappa shape index (κ2) is 5.03. The fourth-order valence-electron chi connectivity index (χ4n) is 2.85. The number of carbonyl (C=O) groups excluding carboxylic acids is 2. The molecule has 3 rings (SSSR count). The first-order valence-corrected chi connectivity index (χ1v) is 6.90. The fourth-order valence-corrected chi connectivity index (χ4v) is 2.85. The van der Waals surface area contributed by atoms with Gasteiger partial charge in [-0.05, 0) is 24.5 Å². The Morgan fingerprint density at radius 1 is 1.16 bits per heavy atom. The molecule has 4 nitrogen and oxygen atoms in total. The first-order chi connectivity index (χ1) is 9.25. The van der Waals surface area contributed by atoms with Crippen molar-refractivity contribution in [1.82, 2.24) is 9.80 Å². The van der Waals surface area contributed by atoms with E-state index in [1.165, 1.54) is 0 Å². The van der Waals surface area contributed by atoms with Gasteiger partial charge in [-0.2, -0.15) is 0 Å². The summed E-state index contributed by atoms with van der Waals surface area (Å²) in [5.41, 5.74) is 1.86. The molecule has 1 fully saturated rings. The summed E-state index contributed by atoms with van der Waals surface area (Å²) in [7, 11) is 0. The van der Waals surface area contributed by atoms with E-state index in [1.807, 2.05) is 29.2 Å². The molecule has 0 saturated carbocycles. The monoisotopic (exact) mass is 258 g/mol. The number of rotatable bonds is 3. The van der Waals surface area contributed by atoms with Crippen molar-refractivity contribution in [2.24, 2.45) is 0 Å². The number of hydrogen-bond donors (Lipinski definition) is 0. The molecule has 1 aromatic rings. The summed E-state index contributed by atoms with van der Waals surface area (Å²) < 4.78 is 0. The van der Waals surface area contributed by atoms with E-state index >= 15 is 0 Å². The Morgan fingerprint density at radius 3 is 2.63 bits per heavy atom. The van der Waals surface area contributed by atoms with E-state index in [0.29, 0.717) is 19.5 Å². The minimum Gasteiger partial charge on any atom is -0.343 e. The number of amides is 2. The average molecular weight is 258 g/mol. The Balaban J connectivity index is 1.57. The summed E-state index contributed by atoms with van der Waals surface area (Å²) in [6.45, 7) is 2.94. The van der Waals surface area contributed by atoms with Crippen LogP contribution in [0.1, 0.15) is 35.2 Å². The number of fused-ring (bicyclic) bond motifs is 1. The van der Waals surface area contributed by atoms with Gasteiger partial charge in [0.05, 0.1) is 0 Å². The Morgan fingerprint density at radius 2 is 1.89 bits per heavy atom. The van der Waals surface area contributed by atoms with E-state index in [0.717, 1.165) is 37.1 Å². The largest absolute Gasteiger partial charge is 0.343 e. The van der Waals surface area contributed by atoms with Crippen LogP contribution in [0.3, 0.4) is 0 Å². The van der Waals surface area contributed by atoms with Crippen molar-refractivity contribution in [3.05, 3.63) is 35.4 Å². The van der Waals surface area contributed by atoms with Gasteiger partial charge in [0.15, 0.2) is 0 Å². The van der Waals surface area contributed by atoms with Gasteiger partial charge in [0, 0.05) is 38.2 Å². The molecule has 19 heavy (non-hydrogen) atoms. The highest BCUT2D eigenvalue weighted by atomic mass is 16.2. The second-order valence-electron chi connectivity index (χ2n) is 5.22. The van der Waals surface area contributed by atoms with Gasteiger partial charge < -0.3 is 9.80 Å². The van der Waals surface area contributed by atoms with E-state index in [4.69, 9.17) is 0 Å². The molecule has 0 spiro atoms. The highest BCUT2D eigenvalue weighted by Gasteiger charge is 2.27. The normalized spacial score (nSPS) is 18.0. The second-order valence-corrected chi connectivity index (χ2v) is 5.22. The molecule has 0 atom stereocenters. The summed E-state index contributed by atoms with van der Waals surface area (Å²) in [6.07, 6.45) is 2.67. The zero-order chi connectivity index (χ0) is 13.2. The molecule has 0 bridgehead atoms. The predicted octanol–water partition coefficient (Wildman–Crippen LogP) is 1.65. The molecule has 1 aromatic carbocycles. The topological polar surface area (TPSA) is 40.6 Å². The van der Waals surface area contributed by atoms with E-state index < -0.39 is 0 Å². The van der Waals surface area contributed by atoms with Crippen LogP contribution >= 0.6 is 0 Å². The highest BCUT2D eigenvalue weighted by molar-refractivity contribution is 5.98. The molecule has 4 heteroatoms. The first kappa shape index (κ1) is 12.2. The Hall–Kier alpha value is -1.84. The number of likely N-dealkylation sites (tertiary alicyclic amines) is 1. The highest BCUT2D eigenvalue weighted by Crippen LogP contribution is 2.22. The van der Waals surface area contributed by atoms with Gasteiger partial charge in [0.25, 0.3) is 5.91 Å². The third-order valence-electron chi connectivity index (χ3n) is 3.95. The van der Waals surface area contributed by atoms with Gasteiger partial charge in [-0.25, -0.2) is 0 Å². The van der Waals surface area contributed by atoms with Gasteiger partial charge in [0.1, 0.15) is 0 Å². The zero-order valence-electron chi connectivity index (χ0n) is 11.0. The number of nitrogens with zero attached hydrogens (tertiary/aromatic N) is 2. The summed E-state index contributed by atoms with van der Waals surface area (Å²) in [6, 6.07) is 7.68. The molecular formula is C15H18N2O2. The molecule has 1 saturated heterocycles. The zero-order valence-corrected chi connectivity index (χ0v) is 11.0. The van der Waals surface area contributed by atoms with Crippen molar-refractivity contribution in [3.63, 3.8) is 0 Å². The average Bonchev–Trinajstić information content (AvgIpc) is 3.05. The number of carbonyl (C=O) groups is 2. The van der Waals surface area contributed by atoms with Gasteiger partial charge >= 0.3 is 0 Å². The third-order valence-corrected chi connectivity index (χ3v) is 3.95. The maximum Gasteiger partial charge on any atom is 0.254 e. The molecule has 2 amide bonds. The van der Waals surface area contributed by atoms with Crippen LogP contribution in [0.15, 0.2) is 24.3 Å². The van der Waals surface area contributed by atoms with Crippen molar-refractivity contribution in [2.75, 3.05) is 19.6 Å². The van der Waals surface area contributed by atoms with Crippen LogP contribution in [0, 0.1) is 0 Å². The van der Waals surface area contributed by atoms with Crippen LogP contribution < -0.4 is 0 Å². The molecule has 100 valence electrons. The van der Waals surface area contributed by atoms with Crippen molar-refractivity contribution >= 4 is 11.8 Å². The van der Waals surface area contributed by atoms with Crippen LogP contribution in [0.5, 0.6) is 0 Å². The van der Waals surface area contributed by atoms with Crippen LogP contribution in [-0.2, 0) is 11.3 Å². The third kappa shape index (κ3) is 2.35. The maximum atomic E-state index is 12.1. The van der Waals surface area contributed by atoms with Crippen LogP contribution in [0.25, 0.3) is 0 Å². The standard InChI is InChI=1S/C15H18N2O2/c18-14(16-8-3-4-9-16)7-10-17-11-12-5-1-2-6-13(12)15(17)19/h1-2,5-6H,3-4,7-11H2. The van der Waals surface area contributed by atoms with Crippen molar-refractivity contribution < 1.29 is 9.59 Å². The van der Waals surface area contributed by atoms with Gasteiger partial charge in [-0.15, -0.1) is 0 Å². The van der Waals surface area contributed by atoms with E-state index in [-0.39, 0.29) is 11.8 Å². The molecule has 0 aliphatic carbocycles. The Bertz CT molecular complexity index is 507. The summed E-state index contributed by atoms with van der Waals surface area (Å²) >= 11 is 0. The SMILES string of the molecule is O=C(CCN1Cc2ccccc2C1=O)N1CCCC1. The Labute approximate surface area is 113 Å². The predicted molar refractivity (Wildman–Crippen MR) is 71.6 cm³/mol. The summed E-state index contributed by atoms with van der Waals surface area (Å²) in [5, 5.41) is 0. The molecule has 2 aliphatic rings. The van der Waals surface area contributed by atoms with E-state index in [9.17, 15) is 9.59 Å². The first-order valence-electron chi connectivity index (χ1n) is 6.90. The lowest BCUT2D eigenvalue weighted by atomic mass is 10.1. The number of hydrogen-bond acceptors (Lipinski definition) is 2. The molecule has 0 radical (unpaired) electrons. The minimum atomic E-state index is 0.0600. The van der Waals surface area contributed by atoms with E-state index in [1.54, 1.807) is 4.90 Å². The maximum absolute atomic E-state index is 12.1. The minimum absolute atomic E-state index is 0.0600. The lowest BCUT2D eigenvalue weighted by molar-refractivity contribution is -0.130. The molecule has 0 unspecified atom stereocenters. The van der Waals surface area contributed by atoms with Crippen LogP contribution in [-0.4, -0.2) is 41.2 Å². The lowest BCUT2D eigenvalue weighted by Crippen LogP contribution is -2.33. The van der Waals surface area contributed by atoms with Gasteiger partial charge in [0.2, 0.25) is 5.91 Å².